The highest BCUT2D eigenvalue weighted by atomic mass is 32.2. The lowest BCUT2D eigenvalue weighted by Crippen LogP contribution is -2.40. The maximum absolute atomic E-state index is 5.24. The minimum absolute atomic E-state index is 0.384. The van der Waals surface area contributed by atoms with Gasteiger partial charge in [-0.3, -0.25) is 4.99 Å². The van der Waals surface area contributed by atoms with E-state index in [9.17, 15) is 0 Å². The molecule has 0 aromatic carbocycles. The Labute approximate surface area is 102 Å². The van der Waals surface area contributed by atoms with E-state index in [1.807, 2.05) is 11.8 Å². The summed E-state index contributed by atoms with van der Waals surface area (Å²) in [7, 11) is 1.76. The summed E-state index contributed by atoms with van der Waals surface area (Å²) in [5.41, 5.74) is 0. The van der Waals surface area contributed by atoms with Gasteiger partial charge in [0.2, 0.25) is 0 Å². The highest BCUT2D eigenvalue weighted by Gasteiger charge is 2.35. The van der Waals surface area contributed by atoms with Gasteiger partial charge in [-0.25, -0.2) is 0 Å². The van der Waals surface area contributed by atoms with Crippen LogP contribution in [0.15, 0.2) is 4.99 Å². The Hall–Kier alpha value is -0.220. The molecule has 3 nitrogen and oxygen atoms in total. The van der Waals surface area contributed by atoms with Crippen molar-refractivity contribution in [1.29, 1.82) is 0 Å². The van der Waals surface area contributed by atoms with Gasteiger partial charge in [-0.1, -0.05) is 25.6 Å². The quantitative estimate of drug-likeness (QED) is 0.802. The number of aliphatic imine (C=N–C) groups is 1. The van der Waals surface area contributed by atoms with Crippen molar-refractivity contribution in [3.05, 3.63) is 0 Å². The molecule has 2 aliphatic rings. The van der Waals surface area contributed by atoms with Crippen LogP contribution in [0.5, 0.6) is 0 Å². The molecule has 1 saturated carbocycles. The molecule has 16 heavy (non-hydrogen) atoms. The lowest BCUT2D eigenvalue weighted by molar-refractivity contribution is 0.156. The van der Waals surface area contributed by atoms with E-state index in [-0.39, 0.29) is 0 Å². The van der Waals surface area contributed by atoms with E-state index in [0.29, 0.717) is 12.0 Å². The van der Waals surface area contributed by atoms with Crippen LogP contribution in [0, 0.1) is 11.8 Å². The Morgan fingerprint density at radius 3 is 2.81 bits per heavy atom. The average molecular weight is 242 g/mol. The molecule has 0 radical (unpaired) electrons. The van der Waals surface area contributed by atoms with Gasteiger partial charge < -0.3 is 10.1 Å². The van der Waals surface area contributed by atoms with Gasteiger partial charge in [-0.2, -0.15) is 0 Å². The van der Waals surface area contributed by atoms with Crippen LogP contribution in [-0.4, -0.2) is 36.7 Å². The Balaban J connectivity index is 1.79. The van der Waals surface area contributed by atoms with E-state index < -0.39 is 0 Å². The highest BCUT2D eigenvalue weighted by Crippen LogP contribution is 2.41. The summed E-state index contributed by atoms with van der Waals surface area (Å²) in [5.74, 6) is 1.51. The lowest BCUT2D eigenvalue weighted by atomic mass is 10.1. The van der Waals surface area contributed by atoms with Crippen LogP contribution in [0.3, 0.4) is 0 Å². The van der Waals surface area contributed by atoms with Gasteiger partial charge >= 0.3 is 0 Å². The third-order valence-electron chi connectivity index (χ3n) is 3.29. The second-order valence-electron chi connectivity index (χ2n) is 5.09. The molecule has 2 rings (SSSR count). The van der Waals surface area contributed by atoms with E-state index in [1.54, 1.807) is 7.11 Å². The SMILES string of the molecule is COCC(NC1=NCC(C2CC2)S1)C(C)C. The third-order valence-corrected chi connectivity index (χ3v) is 4.59. The predicted molar refractivity (Wildman–Crippen MR) is 70.0 cm³/mol. The number of nitrogens with zero attached hydrogens (tertiary/aromatic N) is 1. The Kier molecular flexibility index (Phi) is 4.14. The van der Waals surface area contributed by atoms with Crippen molar-refractivity contribution < 1.29 is 4.74 Å². The van der Waals surface area contributed by atoms with Gasteiger partial charge in [0.15, 0.2) is 5.17 Å². The molecule has 1 heterocycles. The largest absolute Gasteiger partial charge is 0.383 e. The van der Waals surface area contributed by atoms with Crippen LogP contribution in [0.4, 0.5) is 0 Å². The first-order valence-electron chi connectivity index (χ1n) is 6.17. The van der Waals surface area contributed by atoms with Crippen LogP contribution in [0.1, 0.15) is 26.7 Å². The fraction of sp³-hybridized carbons (Fsp3) is 0.917. The molecule has 1 aliphatic carbocycles. The van der Waals surface area contributed by atoms with Crippen molar-refractivity contribution >= 4 is 16.9 Å². The number of ether oxygens (including phenoxy) is 1. The number of methoxy groups -OCH3 is 1. The van der Waals surface area contributed by atoms with Crippen LogP contribution in [0.25, 0.3) is 0 Å². The predicted octanol–water partition coefficient (Wildman–Crippen LogP) is 2.13. The molecule has 92 valence electrons. The minimum atomic E-state index is 0.384. The number of amidine groups is 1. The first kappa shape index (κ1) is 12.2. The van der Waals surface area contributed by atoms with E-state index in [2.05, 4.69) is 24.2 Å². The lowest BCUT2D eigenvalue weighted by Gasteiger charge is -2.22. The highest BCUT2D eigenvalue weighted by molar-refractivity contribution is 8.14. The zero-order chi connectivity index (χ0) is 11.5. The van der Waals surface area contributed by atoms with Crippen LogP contribution >= 0.6 is 11.8 Å². The summed E-state index contributed by atoms with van der Waals surface area (Å²) in [6.45, 7) is 6.20. The molecule has 2 atom stereocenters. The van der Waals surface area contributed by atoms with E-state index in [4.69, 9.17) is 4.74 Å². The van der Waals surface area contributed by atoms with Gasteiger partial charge in [-0.15, -0.1) is 0 Å². The number of nitrogens with one attached hydrogen (secondary N) is 1. The van der Waals surface area contributed by atoms with Crippen molar-refractivity contribution in [2.24, 2.45) is 16.8 Å². The van der Waals surface area contributed by atoms with Gasteiger partial charge in [0.1, 0.15) is 0 Å². The summed E-state index contributed by atoms with van der Waals surface area (Å²) in [5, 5.41) is 5.40. The third kappa shape index (κ3) is 3.14. The van der Waals surface area contributed by atoms with E-state index in [0.717, 1.165) is 29.5 Å². The molecule has 1 aliphatic heterocycles. The molecule has 4 heteroatoms. The number of hydrogen-bond donors (Lipinski definition) is 1. The van der Waals surface area contributed by atoms with E-state index >= 15 is 0 Å². The summed E-state index contributed by atoms with van der Waals surface area (Å²) in [6, 6.07) is 0.384. The zero-order valence-corrected chi connectivity index (χ0v) is 11.2. The fourth-order valence-corrected chi connectivity index (χ4v) is 3.19. The summed E-state index contributed by atoms with van der Waals surface area (Å²) in [6.07, 6.45) is 2.82. The van der Waals surface area contributed by atoms with Crippen LogP contribution < -0.4 is 5.32 Å². The van der Waals surface area contributed by atoms with Gasteiger partial charge in [0, 0.05) is 12.4 Å². The molecule has 0 amide bonds. The topological polar surface area (TPSA) is 33.6 Å². The van der Waals surface area contributed by atoms with Gasteiger partial charge in [0.25, 0.3) is 0 Å². The van der Waals surface area contributed by atoms with Crippen LogP contribution in [-0.2, 0) is 4.74 Å². The second kappa shape index (κ2) is 5.41. The maximum atomic E-state index is 5.24. The molecular weight excluding hydrogens is 220 g/mol. The summed E-state index contributed by atoms with van der Waals surface area (Å²) < 4.78 is 5.24. The van der Waals surface area contributed by atoms with Crippen molar-refractivity contribution in [3.8, 4) is 0 Å². The number of rotatable bonds is 5. The van der Waals surface area contributed by atoms with Crippen molar-refractivity contribution in [1.82, 2.24) is 5.32 Å². The molecule has 1 fully saturated rings. The van der Waals surface area contributed by atoms with Crippen LogP contribution in [0.2, 0.25) is 0 Å². The number of hydrogen-bond acceptors (Lipinski definition) is 4. The molecular formula is C12H22N2OS. The molecule has 0 bridgehead atoms. The standard InChI is InChI=1S/C12H22N2OS/c1-8(2)10(7-15-3)14-12-13-6-11(16-12)9-4-5-9/h8-11H,4-7H2,1-3H3,(H,13,14). The monoisotopic (exact) mass is 242 g/mol. The normalized spacial score (nSPS) is 27.0. The number of thioether (sulfide) groups is 1. The second-order valence-corrected chi connectivity index (χ2v) is 6.32. The Morgan fingerprint density at radius 1 is 1.50 bits per heavy atom. The first-order valence-corrected chi connectivity index (χ1v) is 7.05. The molecule has 0 saturated heterocycles. The van der Waals surface area contributed by atoms with Crippen molar-refractivity contribution in [2.45, 2.75) is 38.0 Å². The smallest absolute Gasteiger partial charge is 0.157 e. The zero-order valence-electron chi connectivity index (χ0n) is 10.4. The molecule has 2 unspecified atom stereocenters. The van der Waals surface area contributed by atoms with Gasteiger partial charge in [0.05, 0.1) is 19.2 Å². The molecule has 0 aromatic rings. The fourth-order valence-electron chi connectivity index (χ4n) is 1.92. The first-order chi connectivity index (χ1) is 7.70. The Bertz CT molecular complexity index is 264. The van der Waals surface area contributed by atoms with Crippen molar-refractivity contribution in [2.75, 3.05) is 20.3 Å². The summed E-state index contributed by atoms with van der Waals surface area (Å²) in [4.78, 5) is 4.60. The van der Waals surface area contributed by atoms with Crippen molar-refractivity contribution in [3.63, 3.8) is 0 Å². The summed E-state index contributed by atoms with van der Waals surface area (Å²) >= 11 is 1.94. The average Bonchev–Trinajstić information content (AvgIpc) is 2.99. The van der Waals surface area contributed by atoms with E-state index in [1.165, 1.54) is 12.8 Å². The Morgan fingerprint density at radius 2 is 2.25 bits per heavy atom. The molecule has 1 N–H and O–H groups in total. The van der Waals surface area contributed by atoms with Gasteiger partial charge in [-0.05, 0) is 24.7 Å². The maximum Gasteiger partial charge on any atom is 0.157 e. The molecule has 0 aromatic heterocycles. The minimum Gasteiger partial charge on any atom is -0.383 e. The molecule has 0 spiro atoms.